The Morgan fingerprint density at radius 3 is 2.16 bits per heavy atom. The third kappa shape index (κ3) is 4.32. The average molecular weight is 331 g/mol. The highest BCUT2D eigenvalue weighted by Gasteiger charge is 2.11. The number of allylic oxidation sites excluding steroid dienone is 1. The van der Waals surface area contributed by atoms with Crippen LogP contribution in [0, 0.1) is 0 Å². The van der Waals surface area contributed by atoms with Gasteiger partial charge in [0, 0.05) is 11.6 Å². The summed E-state index contributed by atoms with van der Waals surface area (Å²) in [6.07, 6.45) is 2.85. The molecule has 25 heavy (non-hydrogen) atoms. The molecule has 0 saturated heterocycles. The summed E-state index contributed by atoms with van der Waals surface area (Å²) in [4.78, 5) is 17.9. The highest BCUT2D eigenvalue weighted by atomic mass is 16.6. The van der Waals surface area contributed by atoms with Gasteiger partial charge in [0.05, 0.1) is 12.0 Å². The van der Waals surface area contributed by atoms with Crippen LogP contribution in [0.2, 0.25) is 0 Å². The van der Waals surface area contributed by atoms with Gasteiger partial charge in [-0.15, -0.1) is 0 Å². The van der Waals surface area contributed by atoms with Crippen LogP contribution in [0.25, 0.3) is 5.76 Å². The van der Waals surface area contributed by atoms with Crippen LogP contribution in [0.4, 0.5) is 0 Å². The van der Waals surface area contributed by atoms with Gasteiger partial charge >= 0.3 is 0 Å². The van der Waals surface area contributed by atoms with E-state index in [1.54, 1.807) is 12.1 Å². The molecule has 4 nitrogen and oxygen atoms in total. The molecule has 3 rings (SSSR count). The molecule has 2 aromatic carbocycles. The minimum Gasteiger partial charge on any atom is -0.461 e. The zero-order valence-corrected chi connectivity index (χ0v) is 13.8. The number of furan rings is 1. The summed E-state index contributed by atoms with van der Waals surface area (Å²) >= 11 is 0. The van der Waals surface area contributed by atoms with E-state index in [1.165, 1.54) is 12.3 Å². The minimum atomic E-state index is -0.281. The number of hydrogen-bond donors (Lipinski definition) is 0. The number of ketones is 1. The third-order valence-electron chi connectivity index (χ3n) is 3.56. The van der Waals surface area contributed by atoms with Crippen molar-refractivity contribution in [3.63, 3.8) is 0 Å². The molecular formula is C21H17NO3. The summed E-state index contributed by atoms with van der Waals surface area (Å²) in [5.74, 6) is 0.328. The molecule has 0 bridgehead atoms. The molecule has 0 aliphatic rings. The highest BCUT2D eigenvalue weighted by Crippen LogP contribution is 2.18. The van der Waals surface area contributed by atoms with Gasteiger partial charge in [-0.2, -0.15) is 0 Å². The van der Waals surface area contributed by atoms with E-state index in [0.29, 0.717) is 11.5 Å². The van der Waals surface area contributed by atoms with E-state index >= 15 is 0 Å². The van der Waals surface area contributed by atoms with Crippen molar-refractivity contribution < 1.29 is 14.0 Å². The number of benzene rings is 2. The Balaban J connectivity index is 1.88. The molecule has 0 spiro atoms. The summed E-state index contributed by atoms with van der Waals surface area (Å²) < 4.78 is 5.14. The van der Waals surface area contributed by atoms with Crippen LogP contribution < -0.4 is 0 Å². The first kappa shape index (κ1) is 16.5. The van der Waals surface area contributed by atoms with Gasteiger partial charge in [0.2, 0.25) is 5.78 Å². The maximum absolute atomic E-state index is 12.3. The third-order valence-corrected chi connectivity index (χ3v) is 3.56. The zero-order chi connectivity index (χ0) is 17.5. The van der Waals surface area contributed by atoms with Gasteiger partial charge in [-0.05, 0) is 24.6 Å². The monoisotopic (exact) mass is 331 g/mol. The van der Waals surface area contributed by atoms with Crippen LogP contribution in [-0.2, 0) is 4.84 Å². The molecule has 0 atom stereocenters. The van der Waals surface area contributed by atoms with E-state index in [-0.39, 0.29) is 11.5 Å². The van der Waals surface area contributed by atoms with Crippen molar-refractivity contribution in [1.82, 2.24) is 0 Å². The lowest BCUT2D eigenvalue weighted by molar-refractivity contribution is 0.101. The van der Waals surface area contributed by atoms with Crippen LogP contribution in [-0.4, -0.2) is 11.5 Å². The number of carbonyl (C=O) groups excluding carboxylic acids is 1. The molecule has 0 unspecified atom stereocenters. The van der Waals surface area contributed by atoms with Crippen molar-refractivity contribution in [3.8, 4) is 0 Å². The molecule has 0 N–H and O–H groups in total. The highest BCUT2D eigenvalue weighted by molar-refractivity contribution is 6.06. The fourth-order valence-corrected chi connectivity index (χ4v) is 2.22. The SMILES string of the molecule is C/C(=N\O/C(=C/C(=O)c1ccco1)c1ccccc1)c1ccccc1. The second kappa shape index (κ2) is 7.93. The fraction of sp³-hybridized carbons (Fsp3) is 0.0476. The number of carbonyl (C=O) groups is 1. The maximum atomic E-state index is 12.3. The van der Waals surface area contributed by atoms with Crippen LogP contribution in [0.15, 0.2) is 94.7 Å². The lowest BCUT2D eigenvalue weighted by Gasteiger charge is -2.06. The molecule has 0 saturated carbocycles. The lowest BCUT2D eigenvalue weighted by atomic mass is 10.1. The van der Waals surface area contributed by atoms with Gasteiger partial charge in [0.1, 0.15) is 0 Å². The first-order valence-electron chi connectivity index (χ1n) is 7.86. The number of rotatable bonds is 6. The van der Waals surface area contributed by atoms with Gasteiger partial charge in [-0.25, -0.2) is 0 Å². The van der Waals surface area contributed by atoms with Crippen LogP contribution in [0.3, 0.4) is 0 Å². The molecule has 124 valence electrons. The first-order valence-corrected chi connectivity index (χ1v) is 7.86. The van der Waals surface area contributed by atoms with E-state index in [0.717, 1.165) is 11.1 Å². The average Bonchev–Trinajstić information content (AvgIpc) is 3.21. The van der Waals surface area contributed by atoms with Crippen molar-refractivity contribution in [3.05, 3.63) is 102 Å². The zero-order valence-electron chi connectivity index (χ0n) is 13.8. The molecule has 1 heterocycles. The maximum Gasteiger partial charge on any atom is 0.224 e. The Morgan fingerprint density at radius 1 is 0.920 bits per heavy atom. The van der Waals surface area contributed by atoms with E-state index in [4.69, 9.17) is 9.25 Å². The smallest absolute Gasteiger partial charge is 0.224 e. The number of oxime groups is 1. The molecule has 0 radical (unpaired) electrons. The minimum absolute atomic E-state index is 0.251. The molecule has 0 fully saturated rings. The number of hydrogen-bond acceptors (Lipinski definition) is 4. The Hall–Kier alpha value is -3.40. The van der Waals surface area contributed by atoms with Crippen molar-refractivity contribution in [2.24, 2.45) is 5.16 Å². The summed E-state index contributed by atoms with van der Waals surface area (Å²) in [7, 11) is 0. The van der Waals surface area contributed by atoms with Gasteiger partial charge in [-0.3, -0.25) is 4.79 Å². The molecule has 0 aliphatic carbocycles. The van der Waals surface area contributed by atoms with Gasteiger partial charge in [0.15, 0.2) is 11.5 Å². The molecule has 0 aliphatic heterocycles. The standard InChI is InChI=1S/C21H17NO3/c1-16(17-9-4-2-5-10-17)22-25-21(18-11-6-3-7-12-18)15-19(23)20-13-8-14-24-20/h2-15H,1H3/b21-15+,22-16+. The van der Waals surface area contributed by atoms with Crippen molar-refractivity contribution in [2.45, 2.75) is 6.92 Å². The van der Waals surface area contributed by atoms with Gasteiger partial charge < -0.3 is 9.25 Å². The number of nitrogens with zero attached hydrogens (tertiary/aromatic N) is 1. The molecule has 0 amide bonds. The van der Waals surface area contributed by atoms with Crippen LogP contribution >= 0.6 is 0 Å². The summed E-state index contributed by atoms with van der Waals surface area (Å²) in [6.45, 7) is 1.85. The van der Waals surface area contributed by atoms with E-state index in [1.807, 2.05) is 67.6 Å². The molecular weight excluding hydrogens is 314 g/mol. The normalized spacial score (nSPS) is 12.0. The van der Waals surface area contributed by atoms with Crippen LogP contribution in [0.1, 0.15) is 28.6 Å². The van der Waals surface area contributed by atoms with Crippen LogP contribution in [0.5, 0.6) is 0 Å². The Morgan fingerprint density at radius 2 is 1.56 bits per heavy atom. The summed E-state index contributed by atoms with van der Waals surface area (Å²) in [6, 6.07) is 22.3. The Kier molecular flexibility index (Phi) is 5.22. The molecule has 1 aromatic heterocycles. The quantitative estimate of drug-likeness (QED) is 0.211. The second-order valence-electron chi connectivity index (χ2n) is 5.35. The van der Waals surface area contributed by atoms with E-state index in [2.05, 4.69) is 5.16 Å². The van der Waals surface area contributed by atoms with Crippen molar-refractivity contribution in [1.29, 1.82) is 0 Å². The summed E-state index contributed by atoms with van der Waals surface area (Å²) in [5, 5.41) is 4.17. The van der Waals surface area contributed by atoms with Gasteiger partial charge in [-0.1, -0.05) is 65.8 Å². The predicted molar refractivity (Wildman–Crippen MR) is 97.2 cm³/mol. The molecule has 3 aromatic rings. The Bertz CT molecular complexity index is 879. The largest absolute Gasteiger partial charge is 0.461 e. The van der Waals surface area contributed by atoms with E-state index < -0.39 is 0 Å². The fourth-order valence-electron chi connectivity index (χ4n) is 2.22. The van der Waals surface area contributed by atoms with Crippen molar-refractivity contribution >= 4 is 17.3 Å². The van der Waals surface area contributed by atoms with Crippen molar-refractivity contribution in [2.75, 3.05) is 0 Å². The Labute approximate surface area is 146 Å². The van der Waals surface area contributed by atoms with E-state index in [9.17, 15) is 4.79 Å². The summed E-state index contributed by atoms with van der Waals surface area (Å²) in [5.41, 5.74) is 2.42. The lowest BCUT2D eigenvalue weighted by Crippen LogP contribution is -1.99. The topological polar surface area (TPSA) is 51.8 Å². The van der Waals surface area contributed by atoms with Gasteiger partial charge in [0.25, 0.3) is 0 Å². The second-order valence-corrected chi connectivity index (χ2v) is 5.35. The predicted octanol–water partition coefficient (Wildman–Crippen LogP) is 4.94. The molecule has 4 heteroatoms. The first-order chi connectivity index (χ1) is 12.2.